The van der Waals surface area contributed by atoms with E-state index in [1.165, 1.54) is 12.8 Å². The van der Waals surface area contributed by atoms with Crippen molar-refractivity contribution in [3.8, 4) is 0 Å². The standard InChI is InChI=1S/C14H26ClN3O/c1-4-5-6-7-8-13(19)14-12(15)11-16-18(14)10-9-17(2)3/h11,13,19H,4-10H2,1-3H3. The quantitative estimate of drug-likeness (QED) is 0.710. The fraction of sp³-hybridized carbons (Fsp3) is 0.786. The maximum absolute atomic E-state index is 10.3. The van der Waals surface area contributed by atoms with Crippen LogP contribution in [0.15, 0.2) is 6.20 Å². The topological polar surface area (TPSA) is 41.3 Å². The van der Waals surface area contributed by atoms with E-state index in [4.69, 9.17) is 11.6 Å². The molecule has 1 heterocycles. The molecule has 1 aromatic rings. The van der Waals surface area contributed by atoms with Gasteiger partial charge in [0.2, 0.25) is 0 Å². The normalized spacial score (nSPS) is 13.2. The molecule has 5 heteroatoms. The van der Waals surface area contributed by atoms with Crippen molar-refractivity contribution in [2.24, 2.45) is 0 Å². The average Bonchev–Trinajstić information content (AvgIpc) is 2.73. The zero-order valence-electron chi connectivity index (χ0n) is 12.3. The molecular formula is C14H26ClN3O. The van der Waals surface area contributed by atoms with Crippen molar-refractivity contribution in [2.45, 2.75) is 51.7 Å². The van der Waals surface area contributed by atoms with Crippen LogP contribution in [0, 0.1) is 0 Å². The summed E-state index contributed by atoms with van der Waals surface area (Å²) in [5.74, 6) is 0. The summed E-state index contributed by atoms with van der Waals surface area (Å²) >= 11 is 6.14. The number of aromatic nitrogens is 2. The molecule has 0 saturated carbocycles. The molecule has 0 amide bonds. The number of rotatable bonds is 9. The van der Waals surface area contributed by atoms with E-state index in [1.807, 2.05) is 18.8 Å². The highest BCUT2D eigenvalue weighted by atomic mass is 35.5. The van der Waals surface area contributed by atoms with E-state index in [9.17, 15) is 5.11 Å². The van der Waals surface area contributed by atoms with Crippen molar-refractivity contribution in [3.05, 3.63) is 16.9 Å². The first-order valence-electron chi connectivity index (χ1n) is 7.10. The first-order valence-corrected chi connectivity index (χ1v) is 7.48. The summed E-state index contributed by atoms with van der Waals surface area (Å²) < 4.78 is 1.83. The number of hydrogen-bond acceptors (Lipinski definition) is 3. The van der Waals surface area contributed by atoms with E-state index >= 15 is 0 Å². The third-order valence-electron chi connectivity index (χ3n) is 3.24. The summed E-state index contributed by atoms with van der Waals surface area (Å²) in [5.41, 5.74) is 0.764. The lowest BCUT2D eigenvalue weighted by Gasteiger charge is -2.16. The molecule has 19 heavy (non-hydrogen) atoms. The van der Waals surface area contributed by atoms with Gasteiger partial charge in [0.15, 0.2) is 0 Å². The van der Waals surface area contributed by atoms with Gasteiger partial charge in [-0.2, -0.15) is 5.10 Å². The van der Waals surface area contributed by atoms with E-state index in [0.717, 1.165) is 38.0 Å². The van der Waals surface area contributed by atoms with Crippen molar-refractivity contribution in [3.63, 3.8) is 0 Å². The predicted octanol–water partition coefficient (Wildman–Crippen LogP) is 3.10. The van der Waals surface area contributed by atoms with Crippen LogP contribution < -0.4 is 0 Å². The van der Waals surface area contributed by atoms with Crippen LogP contribution in [0.2, 0.25) is 5.02 Å². The molecule has 0 aliphatic heterocycles. The Hall–Kier alpha value is -0.580. The predicted molar refractivity (Wildman–Crippen MR) is 79.5 cm³/mol. The monoisotopic (exact) mass is 287 g/mol. The van der Waals surface area contributed by atoms with E-state index in [0.29, 0.717) is 5.02 Å². The molecule has 0 spiro atoms. The Kier molecular flexibility index (Phi) is 7.42. The lowest BCUT2D eigenvalue weighted by atomic mass is 10.1. The molecule has 1 atom stereocenters. The minimum Gasteiger partial charge on any atom is -0.387 e. The Labute approximate surface area is 121 Å². The van der Waals surface area contributed by atoms with E-state index in [1.54, 1.807) is 6.20 Å². The number of aliphatic hydroxyl groups is 1. The molecule has 0 bridgehead atoms. The number of unbranched alkanes of at least 4 members (excludes halogenated alkanes) is 3. The first-order chi connectivity index (χ1) is 9.06. The van der Waals surface area contributed by atoms with Crippen molar-refractivity contribution >= 4 is 11.6 Å². The Balaban J connectivity index is 2.56. The van der Waals surface area contributed by atoms with Gasteiger partial charge in [-0.25, -0.2) is 0 Å². The maximum atomic E-state index is 10.3. The number of hydrogen-bond donors (Lipinski definition) is 1. The van der Waals surface area contributed by atoms with Crippen molar-refractivity contribution in [1.82, 2.24) is 14.7 Å². The molecule has 1 rings (SSSR count). The van der Waals surface area contributed by atoms with Crippen LogP contribution >= 0.6 is 11.6 Å². The van der Waals surface area contributed by atoms with Crippen LogP contribution in [0.25, 0.3) is 0 Å². The van der Waals surface area contributed by atoms with Crippen LogP contribution in [0.1, 0.15) is 50.8 Å². The zero-order chi connectivity index (χ0) is 14.3. The van der Waals surface area contributed by atoms with Gasteiger partial charge in [0.1, 0.15) is 0 Å². The molecular weight excluding hydrogens is 262 g/mol. The maximum Gasteiger partial charge on any atom is 0.0971 e. The lowest BCUT2D eigenvalue weighted by Crippen LogP contribution is -2.21. The number of halogens is 1. The summed E-state index contributed by atoms with van der Waals surface area (Å²) in [7, 11) is 4.04. The number of aliphatic hydroxyl groups excluding tert-OH is 1. The largest absolute Gasteiger partial charge is 0.387 e. The first kappa shape index (κ1) is 16.5. The van der Waals surface area contributed by atoms with E-state index < -0.39 is 6.10 Å². The summed E-state index contributed by atoms with van der Waals surface area (Å²) in [6.07, 6.45) is 6.50. The molecule has 0 aliphatic carbocycles. The second-order valence-corrected chi connectivity index (χ2v) is 5.68. The molecule has 0 fully saturated rings. The highest BCUT2D eigenvalue weighted by Crippen LogP contribution is 2.26. The van der Waals surface area contributed by atoms with Crippen LogP contribution in [-0.2, 0) is 6.54 Å². The molecule has 0 radical (unpaired) electrons. The van der Waals surface area contributed by atoms with Gasteiger partial charge in [-0.15, -0.1) is 0 Å². The second kappa shape index (κ2) is 8.56. The van der Waals surface area contributed by atoms with Gasteiger partial charge in [-0.3, -0.25) is 4.68 Å². The van der Waals surface area contributed by atoms with Gasteiger partial charge in [0.05, 0.1) is 29.6 Å². The lowest BCUT2D eigenvalue weighted by molar-refractivity contribution is 0.151. The third-order valence-corrected chi connectivity index (χ3v) is 3.53. The Morgan fingerprint density at radius 3 is 2.74 bits per heavy atom. The molecule has 0 saturated heterocycles. The molecule has 110 valence electrons. The summed E-state index contributed by atoms with van der Waals surface area (Å²) in [6, 6.07) is 0. The second-order valence-electron chi connectivity index (χ2n) is 5.27. The SMILES string of the molecule is CCCCCCC(O)c1c(Cl)cnn1CCN(C)C. The number of likely N-dealkylation sites (N-methyl/N-ethyl adjacent to an activating group) is 1. The van der Waals surface area contributed by atoms with Gasteiger partial charge >= 0.3 is 0 Å². The number of nitrogens with zero attached hydrogens (tertiary/aromatic N) is 3. The van der Waals surface area contributed by atoms with E-state index in [-0.39, 0.29) is 0 Å². The Morgan fingerprint density at radius 1 is 1.37 bits per heavy atom. The van der Waals surface area contributed by atoms with Crippen LogP contribution in [-0.4, -0.2) is 40.4 Å². The highest BCUT2D eigenvalue weighted by Gasteiger charge is 2.17. The third kappa shape index (κ3) is 5.51. The van der Waals surface area contributed by atoms with Gasteiger partial charge in [0, 0.05) is 6.54 Å². The molecule has 4 nitrogen and oxygen atoms in total. The molecule has 1 aromatic heterocycles. The van der Waals surface area contributed by atoms with Crippen molar-refractivity contribution < 1.29 is 5.11 Å². The summed E-state index contributed by atoms with van der Waals surface area (Å²) in [5, 5.41) is 15.1. The molecule has 0 aromatic carbocycles. The van der Waals surface area contributed by atoms with Crippen molar-refractivity contribution in [1.29, 1.82) is 0 Å². The highest BCUT2D eigenvalue weighted by molar-refractivity contribution is 6.31. The Morgan fingerprint density at radius 2 is 2.11 bits per heavy atom. The van der Waals surface area contributed by atoms with Gasteiger partial charge < -0.3 is 10.0 Å². The smallest absolute Gasteiger partial charge is 0.0971 e. The van der Waals surface area contributed by atoms with Crippen LogP contribution in [0.5, 0.6) is 0 Å². The van der Waals surface area contributed by atoms with Gasteiger partial charge in [-0.05, 0) is 20.5 Å². The average molecular weight is 288 g/mol. The van der Waals surface area contributed by atoms with Crippen LogP contribution in [0.3, 0.4) is 0 Å². The summed E-state index contributed by atoms with van der Waals surface area (Å²) in [4.78, 5) is 2.09. The summed E-state index contributed by atoms with van der Waals surface area (Å²) in [6.45, 7) is 3.82. The van der Waals surface area contributed by atoms with Crippen LogP contribution in [0.4, 0.5) is 0 Å². The van der Waals surface area contributed by atoms with E-state index in [2.05, 4.69) is 16.9 Å². The molecule has 1 N–H and O–H groups in total. The minimum absolute atomic E-state index is 0.506. The molecule has 0 aliphatic rings. The Bertz CT molecular complexity index is 366. The fourth-order valence-electron chi connectivity index (χ4n) is 2.08. The zero-order valence-corrected chi connectivity index (χ0v) is 13.0. The van der Waals surface area contributed by atoms with Gasteiger partial charge in [-0.1, -0.05) is 44.2 Å². The minimum atomic E-state index is -0.506. The van der Waals surface area contributed by atoms with Crippen molar-refractivity contribution in [2.75, 3.05) is 20.6 Å². The molecule has 1 unspecified atom stereocenters. The fourth-order valence-corrected chi connectivity index (χ4v) is 2.34. The van der Waals surface area contributed by atoms with Gasteiger partial charge in [0.25, 0.3) is 0 Å².